The van der Waals surface area contributed by atoms with Crippen LogP contribution in [0, 0.1) is 6.92 Å². The lowest BCUT2D eigenvalue weighted by molar-refractivity contribution is 0.171. The first-order chi connectivity index (χ1) is 15.0. The predicted octanol–water partition coefficient (Wildman–Crippen LogP) is 3.40. The first-order valence-corrected chi connectivity index (χ1v) is 12.5. The van der Waals surface area contributed by atoms with E-state index in [4.69, 9.17) is 14.5 Å². The summed E-state index contributed by atoms with van der Waals surface area (Å²) in [5, 5.41) is 0.938. The number of hydrogen-bond donors (Lipinski definition) is 0. The van der Waals surface area contributed by atoms with Crippen molar-refractivity contribution in [2.75, 3.05) is 44.3 Å². The Kier molecular flexibility index (Phi) is 5.33. The van der Waals surface area contributed by atoms with Gasteiger partial charge in [-0.2, -0.15) is 4.31 Å². The van der Waals surface area contributed by atoms with Crippen molar-refractivity contribution in [3.63, 3.8) is 0 Å². The third-order valence-electron chi connectivity index (χ3n) is 5.49. The van der Waals surface area contributed by atoms with E-state index in [0.717, 1.165) is 21.3 Å². The molecule has 0 saturated carbocycles. The van der Waals surface area contributed by atoms with Gasteiger partial charge in [0.2, 0.25) is 10.0 Å². The third kappa shape index (κ3) is 3.88. The molecule has 0 radical (unpaired) electrons. The minimum Gasteiger partial charge on any atom is -0.486 e. The number of hydrogen-bond acceptors (Lipinski definition) is 7. The molecule has 5 rings (SSSR count). The van der Waals surface area contributed by atoms with Gasteiger partial charge in [0.15, 0.2) is 16.6 Å². The summed E-state index contributed by atoms with van der Waals surface area (Å²) in [4.78, 5) is 8.41. The Balaban J connectivity index is 1.30. The molecular formula is C22H23N3O4S2. The average Bonchev–Trinajstić information content (AvgIpc) is 3.21. The van der Waals surface area contributed by atoms with Gasteiger partial charge in [-0.15, -0.1) is 11.3 Å². The average molecular weight is 458 g/mol. The van der Waals surface area contributed by atoms with Crippen molar-refractivity contribution >= 4 is 26.5 Å². The maximum Gasteiger partial charge on any atom is 0.243 e. The summed E-state index contributed by atoms with van der Waals surface area (Å²) in [6.07, 6.45) is 0. The monoisotopic (exact) mass is 457 g/mol. The molecule has 1 fully saturated rings. The van der Waals surface area contributed by atoms with Gasteiger partial charge >= 0.3 is 0 Å². The number of ether oxygens (including phenoxy) is 2. The second-order valence-electron chi connectivity index (χ2n) is 7.46. The highest BCUT2D eigenvalue weighted by Gasteiger charge is 2.31. The summed E-state index contributed by atoms with van der Waals surface area (Å²) < 4.78 is 38.9. The SMILES string of the molecule is Cc1sc(N2CCN(S(=O)(=O)c3ccc4c(c3)OCCO4)CC2)nc1-c1ccccc1. The molecule has 0 N–H and O–H groups in total. The molecule has 2 aliphatic rings. The summed E-state index contributed by atoms with van der Waals surface area (Å²) in [6.45, 7) is 5.00. The van der Waals surface area contributed by atoms with E-state index >= 15 is 0 Å². The Labute approximate surface area is 185 Å². The van der Waals surface area contributed by atoms with E-state index in [1.807, 2.05) is 18.2 Å². The van der Waals surface area contributed by atoms with Gasteiger partial charge in [-0.25, -0.2) is 13.4 Å². The van der Waals surface area contributed by atoms with Crippen molar-refractivity contribution < 1.29 is 17.9 Å². The molecule has 2 aliphatic heterocycles. The maximum absolute atomic E-state index is 13.2. The van der Waals surface area contributed by atoms with Crippen molar-refractivity contribution in [1.82, 2.24) is 9.29 Å². The van der Waals surface area contributed by atoms with Crippen LogP contribution in [0.15, 0.2) is 53.4 Å². The number of benzene rings is 2. The van der Waals surface area contributed by atoms with Gasteiger partial charge in [0.05, 0.1) is 10.6 Å². The third-order valence-corrected chi connectivity index (χ3v) is 8.42. The fourth-order valence-corrected chi connectivity index (χ4v) is 6.26. The molecule has 7 nitrogen and oxygen atoms in total. The molecule has 9 heteroatoms. The highest BCUT2D eigenvalue weighted by atomic mass is 32.2. The molecule has 2 aromatic carbocycles. The van der Waals surface area contributed by atoms with E-state index in [-0.39, 0.29) is 4.90 Å². The molecule has 0 aliphatic carbocycles. The zero-order chi connectivity index (χ0) is 21.4. The van der Waals surface area contributed by atoms with Crippen LogP contribution in [-0.4, -0.2) is 57.1 Å². The zero-order valence-corrected chi connectivity index (χ0v) is 18.8. The molecule has 0 spiro atoms. The van der Waals surface area contributed by atoms with E-state index in [0.29, 0.717) is 50.9 Å². The number of aromatic nitrogens is 1. The second kappa shape index (κ2) is 8.14. The second-order valence-corrected chi connectivity index (χ2v) is 10.6. The quantitative estimate of drug-likeness (QED) is 0.598. The minimum absolute atomic E-state index is 0.238. The normalized spacial score (nSPS) is 17.0. The van der Waals surface area contributed by atoms with E-state index in [9.17, 15) is 8.42 Å². The lowest BCUT2D eigenvalue weighted by Crippen LogP contribution is -2.48. The Hall–Kier alpha value is -2.62. The van der Waals surface area contributed by atoms with Crippen LogP contribution in [0.25, 0.3) is 11.3 Å². The smallest absolute Gasteiger partial charge is 0.243 e. The van der Waals surface area contributed by atoms with Gasteiger partial charge in [-0.1, -0.05) is 30.3 Å². The largest absolute Gasteiger partial charge is 0.486 e. The highest BCUT2D eigenvalue weighted by molar-refractivity contribution is 7.89. The number of aryl methyl sites for hydroxylation is 1. The molecule has 3 aromatic rings. The Morgan fingerprint density at radius 1 is 0.935 bits per heavy atom. The lowest BCUT2D eigenvalue weighted by Gasteiger charge is -2.34. The lowest BCUT2D eigenvalue weighted by atomic mass is 10.1. The van der Waals surface area contributed by atoms with Crippen LogP contribution in [0.3, 0.4) is 0 Å². The number of anilines is 1. The molecule has 162 valence electrons. The van der Waals surface area contributed by atoms with E-state index in [2.05, 4.69) is 24.0 Å². The Bertz CT molecular complexity index is 1190. The standard InChI is InChI=1S/C22H23N3O4S2/c1-16-21(17-5-3-2-4-6-17)23-22(30-16)24-9-11-25(12-10-24)31(26,27)18-7-8-19-20(15-18)29-14-13-28-19/h2-8,15H,9-14H2,1H3. The molecule has 0 atom stereocenters. The molecule has 1 aromatic heterocycles. The van der Waals surface area contributed by atoms with Gasteiger partial charge in [0.1, 0.15) is 13.2 Å². The number of rotatable bonds is 4. The number of fused-ring (bicyclic) bond motifs is 1. The van der Waals surface area contributed by atoms with Crippen LogP contribution in [0.2, 0.25) is 0 Å². The fourth-order valence-electron chi connectivity index (χ4n) is 3.83. The number of nitrogens with zero attached hydrogens (tertiary/aromatic N) is 3. The maximum atomic E-state index is 13.2. The van der Waals surface area contributed by atoms with Crippen LogP contribution >= 0.6 is 11.3 Å². The van der Waals surface area contributed by atoms with Crippen molar-refractivity contribution in [2.24, 2.45) is 0 Å². The summed E-state index contributed by atoms with van der Waals surface area (Å²) in [7, 11) is -3.59. The van der Waals surface area contributed by atoms with Gasteiger partial charge in [0, 0.05) is 42.7 Å². The minimum atomic E-state index is -3.59. The van der Waals surface area contributed by atoms with Gasteiger partial charge < -0.3 is 14.4 Å². The van der Waals surface area contributed by atoms with Crippen molar-refractivity contribution in [3.8, 4) is 22.8 Å². The Morgan fingerprint density at radius 2 is 1.65 bits per heavy atom. The van der Waals surface area contributed by atoms with E-state index in [1.54, 1.807) is 29.5 Å². The van der Waals surface area contributed by atoms with E-state index in [1.165, 1.54) is 4.31 Å². The molecule has 0 unspecified atom stereocenters. The number of piperazine rings is 1. The van der Waals surface area contributed by atoms with Crippen LogP contribution in [-0.2, 0) is 10.0 Å². The van der Waals surface area contributed by atoms with Crippen LogP contribution < -0.4 is 14.4 Å². The number of sulfonamides is 1. The fraction of sp³-hybridized carbons (Fsp3) is 0.318. The summed E-state index contributed by atoms with van der Waals surface area (Å²) in [5.74, 6) is 1.07. The molecular weight excluding hydrogens is 434 g/mol. The molecule has 31 heavy (non-hydrogen) atoms. The predicted molar refractivity (Wildman–Crippen MR) is 121 cm³/mol. The van der Waals surface area contributed by atoms with Crippen molar-refractivity contribution in [3.05, 3.63) is 53.4 Å². The first kappa shape index (κ1) is 20.3. The topological polar surface area (TPSA) is 72.0 Å². The van der Waals surface area contributed by atoms with Gasteiger partial charge in [0.25, 0.3) is 0 Å². The van der Waals surface area contributed by atoms with Crippen LogP contribution in [0.5, 0.6) is 11.5 Å². The first-order valence-electron chi connectivity index (χ1n) is 10.2. The zero-order valence-electron chi connectivity index (χ0n) is 17.2. The number of thiazole rings is 1. The summed E-state index contributed by atoms with van der Waals surface area (Å²) in [6, 6.07) is 14.9. The summed E-state index contributed by atoms with van der Waals surface area (Å²) in [5.41, 5.74) is 2.09. The molecule has 0 bridgehead atoms. The highest BCUT2D eigenvalue weighted by Crippen LogP contribution is 2.35. The van der Waals surface area contributed by atoms with Crippen LogP contribution in [0.1, 0.15) is 4.88 Å². The van der Waals surface area contributed by atoms with E-state index < -0.39 is 10.0 Å². The molecule has 3 heterocycles. The Morgan fingerprint density at radius 3 is 2.39 bits per heavy atom. The summed E-state index contributed by atoms with van der Waals surface area (Å²) >= 11 is 1.65. The van der Waals surface area contributed by atoms with Crippen LogP contribution in [0.4, 0.5) is 5.13 Å². The van der Waals surface area contributed by atoms with Crippen molar-refractivity contribution in [1.29, 1.82) is 0 Å². The van der Waals surface area contributed by atoms with Gasteiger partial charge in [-0.3, -0.25) is 0 Å². The molecule has 0 amide bonds. The van der Waals surface area contributed by atoms with Crippen molar-refractivity contribution in [2.45, 2.75) is 11.8 Å². The van der Waals surface area contributed by atoms with Gasteiger partial charge in [-0.05, 0) is 19.1 Å². The molecule has 1 saturated heterocycles.